The van der Waals surface area contributed by atoms with Crippen molar-refractivity contribution in [3.05, 3.63) is 54.1 Å². The van der Waals surface area contributed by atoms with Crippen molar-refractivity contribution < 1.29 is 22.7 Å². The summed E-state index contributed by atoms with van der Waals surface area (Å²) < 4.78 is 37.7. The molecule has 1 saturated heterocycles. The maximum Gasteiger partial charge on any atom is 0.257 e. The first-order chi connectivity index (χ1) is 15.9. The van der Waals surface area contributed by atoms with E-state index in [0.29, 0.717) is 44.2 Å². The molecule has 2 N–H and O–H groups in total. The summed E-state index contributed by atoms with van der Waals surface area (Å²) in [7, 11) is -3.56. The number of anilines is 1. The molecule has 0 spiro atoms. The molecule has 0 bridgehead atoms. The molecule has 178 valence electrons. The van der Waals surface area contributed by atoms with Crippen molar-refractivity contribution in [2.45, 2.75) is 31.1 Å². The Kier molecular flexibility index (Phi) is 9.19. The summed E-state index contributed by atoms with van der Waals surface area (Å²) in [4.78, 5) is 12.6. The van der Waals surface area contributed by atoms with E-state index in [1.165, 1.54) is 16.4 Å². The van der Waals surface area contributed by atoms with Gasteiger partial charge in [0.05, 0.1) is 24.7 Å². The van der Waals surface area contributed by atoms with Gasteiger partial charge in [0.25, 0.3) is 5.91 Å². The van der Waals surface area contributed by atoms with Crippen molar-refractivity contribution in [3.8, 4) is 5.75 Å². The van der Waals surface area contributed by atoms with Crippen molar-refractivity contribution in [3.63, 3.8) is 0 Å². The van der Waals surface area contributed by atoms with Gasteiger partial charge in [0, 0.05) is 24.3 Å². The van der Waals surface area contributed by atoms with Crippen LogP contribution in [0.25, 0.3) is 0 Å². The monoisotopic (exact) mass is 491 g/mol. The van der Waals surface area contributed by atoms with Gasteiger partial charge in [0.15, 0.2) is 5.11 Å². The lowest BCUT2D eigenvalue weighted by Gasteiger charge is -2.26. The smallest absolute Gasteiger partial charge is 0.257 e. The lowest BCUT2D eigenvalue weighted by Crippen LogP contribution is -2.40. The highest BCUT2D eigenvalue weighted by atomic mass is 32.2. The summed E-state index contributed by atoms with van der Waals surface area (Å²) >= 11 is 5.22. The summed E-state index contributed by atoms with van der Waals surface area (Å²) in [6.07, 6.45) is 3.25. The van der Waals surface area contributed by atoms with Crippen molar-refractivity contribution in [2.24, 2.45) is 0 Å². The first kappa shape index (κ1) is 25.1. The zero-order valence-electron chi connectivity index (χ0n) is 18.6. The zero-order valence-corrected chi connectivity index (χ0v) is 20.2. The van der Waals surface area contributed by atoms with Crippen LogP contribution < -0.4 is 15.4 Å². The number of nitrogens with one attached hydrogen (secondary N) is 2. The number of hydrogen-bond acceptors (Lipinski definition) is 6. The number of thiocarbonyl (C=S) groups is 1. The van der Waals surface area contributed by atoms with Crippen molar-refractivity contribution >= 4 is 38.9 Å². The number of carbonyl (C=O) groups is 1. The SMILES string of the molecule is CCCCCOc1ccc(C(=O)NC(=S)Nc2ccc(S(=O)(=O)N3CCOCC3)cc2)cc1. The largest absolute Gasteiger partial charge is 0.494 e. The Labute approximate surface area is 200 Å². The maximum absolute atomic E-state index is 12.7. The number of amides is 1. The molecule has 0 unspecified atom stereocenters. The van der Waals surface area contributed by atoms with E-state index < -0.39 is 10.0 Å². The van der Waals surface area contributed by atoms with Crippen LogP contribution in [0.1, 0.15) is 36.5 Å². The molecule has 1 fully saturated rings. The molecule has 0 saturated carbocycles. The summed E-state index contributed by atoms with van der Waals surface area (Å²) in [5.74, 6) is 0.368. The molecule has 33 heavy (non-hydrogen) atoms. The molecule has 1 aliphatic rings. The van der Waals surface area contributed by atoms with Gasteiger partial charge in [-0.25, -0.2) is 8.42 Å². The fourth-order valence-corrected chi connectivity index (χ4v) is 4.85. The van der Waals surface area contributed by atoms with E-state index in [1.54, 1.807) is 36.4 Å². The molecule has 2 aromatic carbocycles. The third-order valence-corrected chi connectivity index (χ3v) is 7.20. The quantitative estimate of drug-likeness (QED) is 0.410. The molecule has 1 heterocycles. The molecule has 3 rings (SSSR count). The Morgan fingerprint density at radius 2 is 1.73 bits per heavy atom. The van der Waals surface area contributed by atoms with Gasteiger partial charge >= 0.3 is 0 Å². The molecule has 0 radical (unpaired) electrons. The third-order valence-electron chi connectivity index (χ3n) is 5.08. The summed E-state index contributed by atoms with van der Waals surface area (Å²) in [5.41, 5.74) is 1.02. The minimum absolute atomic E-state index is 0.115. The Bertz CT molecular complexity index is 1030. The second kappa shape index (κ2) is 12.1. The van der Waals surface area contributed by atoms with Crippen LogP contribution in [-0.2, 0) is 14.8 Å². The standard InChI is InChI=1S/C23H29N3O5S2/c1-2-3-4-15-31-20-9-5-18(6-10-20)22(27)25-23(32)24-19-7-11-21(12-8-19)33(28,29)26-13-16-30-17-14-26/h5-12H,2-4,13-17H2,1H3,(H2,24,25,27,32). The Morgan fingerprint density at radius 3 is 2.36 bits per heavy atom. The van der Waals surface area contributed by atoms with Crippen LogP contribution in [0.5, 0.6) is 5.75 Å². The van der Waals surface area contributed by atoms with E-state index in [2.05, 4.69) is 17.6 Å². The molecule has 0 atom stereocenters. The van der Waals surface area contributed by atoms with E-state index in [9.17, 15) is 13.2 Å². The van der Waals surface area contributed by atoms with Gasteiger partial charge in [-0.15, -0.1) is 0 Å². The number of benzene rings is 2. The van der Waals surface area contributed by atoms with Crippen LogP contribution in [0, 0.1) is 0 Å². The summed E-state index contributed by atoms with van der Waals surface area (Å²) in [5, 5.41) is 5.63. The first-order valence-electron chi connectivity index (χ1n) is 10.9. The number of ether oxygens (including phenoxy) is 2. The van der Waals surface area contributed by atoms with Crippen molar-refractivity contribution in [2.75, 3.05) is 38.2 Å². The number of nitrogens with zero attached hydrogens (tertiary/aromatic N) is 1. The van der Waals surface area contributed by atoms with Gasteiger partial charge in [-0.2, -0.15) is 4.31 Å². The van der Waals surface area contributed by atoms with Gasteiger partial charge in [-0.05, 0) is 67.2 Å². The van der Waals surface area contributed by atoms with Crippen LogP contribution in [-0.4, -0.2) is 56.7 Å². The number of sulfonamides is 1. The predicted molar refractivity (Wildman–Crippen MR) is 131 cm³/mol. The number of rotatable bonds is 9. The number of hydrogen-bond donors (Lipinski definition) is 2. The molecule has 10 heteroatoms. The average molecular weight is 492 g/mol. The van der Waals surface area contributed by atoms with Crippen LogP contribution in [0.3, 0.4) is 0 Å². The maximum atomic E-state index is 12.7. The Morgan fingerprint density at radius 1 is 1.06 bits per heavy atom. The average Bonchev–Trinajstić information content (AvgIpc) is 2.83. The van der Waals surface area contributed by atoms with Gasteiger partial charge in [0.2, 0.25) is 10.0 Å². The van der Waals surface area contributed by atoms with E-state index in [0.717, 1.165) is 25.0 Å². The first-order valence-corrected chi connectivity index (χ1v) is 12.8. The highest BCUT2D eigenvalue weighted by Crippen LogP contribution is 2.19. The summed E-state index contributed by atoms with van der Waals surface area (Å²) in [6.45, 7) is 4.25. The molecule has 1 amide bonds. The second-order valence-corrected chi connectivity index (χ2v) is 9.88. The van der Waals surface area contributed by atoms with E-state index in [4.69, 9.17) is 21.7 Å². The zero-order chi connectivity index (χ0) is 23.7. The van der Waals surface area contributed by atoms with E-state index in [1.807, 2.05) is 0 Å². The van der Waals surface area contributed by atoms with Crippen LogP contribution >= 0.6 is 12.2 Å². The molecule has 0 aliphatic carbocycles. The lowest BCUT2D eigenvalue weighted by atomic mass is 10.2. The Balaban J connectivity index is 1.51. The third kappa shape index (κ3) is 7.23. The van der Waals surface area contributed by atoms with Gasteiger partial charge in [-0.1, -0.05) is 19.8 Å². The minimum Gasteiger partial charge on any atom is -0.494 e. The molecule has 0 aromatic heterocycles. The number of carbonyl (C=O) groups excluding carboxylic acids is 1. The van der Waals surface area contributed by atoms with Crippen LogP contribution in [0.4, 0.5) is 5.69 Å². The van der Waals surface area contributed by atoms with Crippen LogP contribution in [0.15, 0.2) is 53.4 Å². The second-order valence-electron chi connectivity index (χ2n) is 7.53. The van der Waals surface area contributed by atoms with Crippen LogP contribution in [0.2, 0.25) is 0 Å². The van der Waals surface area contributed by atoms with E-state index in [-0.39, 0.29) is 15.9 Å². The number of unbranched alkanes of at least 4 members (excludes halogenated alkanes) is 2. The lowest BCUT2D eigenvalue weighted by molar-refractivity contribution is 0.0730. The molecule has 8 nitrogen and oxygen atoms in total. The molecular weight excluding hydrogens is 462 g/mol. The van der Waals surface area contributed by atoms with Gasteiger partial charge in [0.1, 0.15) is 5.75 Å². The highest BCUT2D eigenvalue weighted by molar-refractivity contribution is 7.89. The fourth-order valence-electron chi connectivity index (χ4n) is 3.23. The van der Waals surface area contributed by atoms with Crippen molar-refractivity contribution in [1.29, 1.82) is 0 Å². The molecule has 2 aromatic rings. The molecular formula is C23H29N3O5S2. The topological polar surface area (TPSA) is 97.0 Å². The van der Waals surface area contributed by atoms with E-state index >= 15 is 0 Å². The minimum atomic E-state index is -3.56. The molecule has 1 aliphatic heterocycles. The van der Waals surface area contributed by atoms with Gasteiger partial charge < -0.3 is 14.8 Å². The summed E-state index contributed by atoms with van der Waals surface area (Å²) in [6, 6.07) is 13.1. The number of morpholine rings is 1. The predicted octanol–water partition coefficient (Wildman–Crippen LogP) is 3.40. The highest BCUT2D eigenvalue weighted by Gasteiger charge is 2.26. The normalized spacial score (nSPS) is 14.5. The fraction of sp³-hybridized carbons (Fsp3) is 0.391. The Hall–Kier alpha value is -2.53. The van der Waals surface area contributed by atoms with Gasteiger partial charge in [-0.3, -0.25) is 10.1 Å². The van der Waals surface area contributed by atoms with Crippen molar-refractivity contribution in [1.82, 2.24) is 9.62 Å².